The van der Waals surface area contributed by atoms with Gasteiger partial charge in [0.05, 0.1) is 31.0 Å². The summed E-state index contributed by atoms with van der Waals surface area (Å²) in [4.78, 5) is 4.50. The number of imidazole rings is 1. The van der Waals surface area contributed by atoms with Crippen molar-refractivity contribution in [2.45, 2.75) is 13.0 Å². The molecular formula is C12H15N3O. The lowest BCUT2D eigenvalue weighted by molar-refractivity contribution is 0.0740. The lowest BCUT2D eigenvalue weighted by Gasteiger charge is -2.23. The molecule has 2 aromatic rings. The fraction of sp³-hybridized carbons (Fsp3) is 0.417. The van der Waals surface area contributed by atoms with Gasteiger partial charge in [-0.1, -0.05) is 6.07 Å². The van der Waals surface area contributed by atoms with Crippen molar-refractivity contribution in [1.82, 2.24) is 14.7 Å². The first-order valence-electron chi connectivity index (χ1n) is 5.60. The Morgan fingerprint density at radius 3 is 3.25 bits per heavy atom. The summed E-state index contributed by atoms with van der Waals surface area (Å²) in [6.07, 6.45) is 1.92. The van der Waals surface area contributed by atoms with E-state index in [9.17, 15) is 0 Å². The van der Waals surface area contributed by atoms with Crippen LogP contribution in [0.2, 0.25) is 0 Å². The van der Waals surface area contributed by atoms with Gasteiger partial charge < -0.3 is 10.1 Å². The van der Waals surface area contributed by atoms with Gasteiger partial charge in [0.15, 0.2) is 0 Å². The molecule has 16 heavy (non-hydrogen) atoms. The van der Waals surface area contributed by atoms with Crippen molar-refractivity contribution in [1.29, 1.82) is 0 Å². The summed E-state index contributed by atoms with van der Waals surface area (Å²) in [5.74, 6) is 1.05. The average Bonchev–Trinajstić information content (AvgIpc) is 2.75. The Balaban J connectivity index is 2.09. The second kappa shape index (κ2) is 3.88. The molecule has 4 nitrogen and oxygen atoms in total. The molecular weight excluding hydrogens is 202 g/mol. The second-order valence-electron chi connectivity index (χ2n) is 4.13. The third kappa shape index (κ3) is 1.50. The van der Waals surface area contributed by atoms with Gasteiger partial charge in [0.1, 0.15) is 5.82 Å². The molecule has 0 bridgehead atoms. The molecule has 84 valence electrons. The van der Waals surface area contributed by atoms with Gasteiger partial charge in [-0.3, -0.25) is 4.40 Å². The molecule has 3 heterocycles. The molecule has 1 aliphatic rings. The lowest BCUT2D eigenvalue weighted by Crippen LogP contribution is -2.35. The van der Waals surface area contributed by atoms with E-state index in [1.807, 2.05) is 6.20 Å². The molecule has 0 radical (unpaired) electrons. The number of ether oxygens (including phenoxy) is 1. The number of hydrogen-bond acceptors (Lipinski definition) is 3. The third-order valence-electron chi connectivity index (χ3n) is 3.01. The molecule has 1 fully saturated rings. The second-order valence-corrected chi connectivity index (χ2v) is 4.13. The van der Waals surface area contributed by atoms with Gasteiger partial charge in [-0.25, -0.2) is 4.98 Å². The quantitative estimate of drug-likeness (QED) is 0.782. The van der Waals surface area contributed by atoms with Crippen LogP contribution < -0.4 is 5.32 Å². The van der Waals surface area contributed by atoms with Crippen LogP contribution in [0.15, 0.2) is 24.4 Å². The van der Waals surface area contributed by atoms with Gasteiger partial charge in [0.2, 0.25) is 0 Å². The molecule has 1 aliphatic heterocycles. The number of nitrogens with one attached hydrogen (secondary N) is 1. The van der Waals surface area contributed by atoms with E-state index in [2.05, 4.69) is 39.8 Å². The van der Waals surface area contributed by atoms with E-state index in [0.29, 0.717) is 6.61 Å². The largest absolute Gasteiger partial charge is 0.378 e. The topological polar surface area (TPSA) is 38.6 Å². The summed E-state index contributed by atoms with van der Waals surface area (Å²) in [5.41, 5.74) is 2.35. The molecule has 0 saturated carbocycles. The van der Waals surface area contributed by atoms with Gasteiger partial charge in [0, 0.05) is 12.2 Å². The van der Waals surface area contributed by atoms with Crippen LogP contribution in [-0.4, -0.2) is 29.1 Å². The highest BCUT2D eigenvalue weighted by Gasteiger charge is 2.20. The zero-order chi connectivity index (χ0) is 11.0. The van der Waals surface area contributed by atoms with Crippen molar-refractivity contribution in [2.75, 3.05) is 19.8 Å². The number of hydrogen-bond donors (Lipinski definition) is 1. The summed E-state index contributed by atoms with van der Waals surface area (Å²) in [6, 6.07) is 6.44. The summed E-state index contributed by atoms with van der Waals surface area (Å²) < 4.78 is 7.67. The van der Waals surface area contributed by atoms with Gasteiger partial charge in [-0.15, -0.1) is 0 Å². The maximum Gasteiger partial charge on any atom is 0.133 e. The summed E-state index contributed by atoms with van der Waals surface area (Å²) in [6.45, 7) is 4.49. The van der Waals surface area contributed by atoms with Crippen molar-refractivity contribution in [2.24, 2.45) is 0 Å². The Labute approximate surface area is 94.3 Å². The van der Waals surface area contributed by atoms with Crippen LogP contribution >= 0.6 is 0 Å². The monoisotopic (exact) mass is 217 g/mol. The van der Waals surface area contributed by atoms with E-state index >= 15 is 0 Å². The first-order valence-corrected chi connectivity index (χ1v) is 5.60. The van der Waals surface area contributed by atoms with E-state index in [-0.39, 0.29) is 6.04 Å². The van der Waals surface area contributed by atoms with Crippen molar-refractivity contribution >= 4 is 5.52 Å². The maximum absolute atomic E-state index is 5.48. The number of fused-ring (bicyclic) bond motifs is 1. The van der Waals surface area contributed by atoms with Crippen LogP contribution in [0.1, 0.15) is 17.6 Å². The lowest BCUT2D eigenvalue weighted by atomic mass is 10.2. The molecule has 0 aliphatic carbocycles. The molecule has 1 N–H and O–H groups in total. The Morgan fingerprint density at radius 1 is 1.50 bits per heavy atom. The number of morpholine rings is 1. The molecule has 2 aromatic heterocycles. The molecule has 0 spiro atoms. The van der Waals surface area contributed by atoms with E-state index in [0.717, 1.165) is 24.5 Å². The van der Waals surface area contributed by atoms with E-state index in [1.54, 1.807) is 0 Å². The van der Waals surface area contributed by atoms with E-state index < -0.39 is 0 Å². The minimum absolute atomic E-state index is 0.206. The zero-order valence-electron chi connectivity index (χ0n) is 9.31. The molecule has 3 rings (SSSR count). The minimum Gasteiger partial charge on any atom is -0.378 e. The predicted molar refractivity (Wildman–Crippen MR) is 61.5 cm³/mol. The molecule has 1 atom stereocenters. The fourth-order valence-electron chi connectivity index (χ4n) is 2.22. The van der Waals surface area contributed by atoms with Gasteiger partial charge in [-0.05, 0) is 19.1 Å². The molecule has 1 saturated heterocycles. The summed E-state index contributed by atoms with van der Waals surface area (Å²) >= 11 is 0. The summed E-state index contributed by atoms with van der Waals surface area (Å²) in [7, 11) is 0. The van der Waals surface area contributed by atoms with Crippen molar-refractivity contribution in [3.8, 4) is 0 Å². The predicted octanol–water partition coefficient (Wildman–Crippen LogP) is 1.30. The SMILES string of the molecule is Cc1cccc2cnc(C3COCCN3)n12. The highest BCUT2D eigenvalue weighted by Crippen LogP contribution is 2.18. The van der Waals surface area contributed by atoms with Crippen LogP contribution in [-0.2, 0) is 4.74 Å². The fourth-order valence-corrected chi connectivity index (χ4v) is 2.22. The highest BCUT2D eigenvalue weighted by molar-refractivity contribution is 5.47. The van der Waals surface area contributed by atoms with Gasteiger partial charge in [0.25, 0.3) is 0 Å². The number of nitrogens with zero attached hydrogens (tertiary/aromatic N) is 2. The number of rotatable bonds is 1. The normalized spacial score (nSPS) is 21.4. The average molecular weight is 217 g/mol. The van der Waals surface area contributed by atoms with Crippen LogP contribution in [0.5, 0.6) is 0 Å². The minimum atomic E-state index is 0.206. The standard InChI is InChI=1S/C12H15N3O/c1-9-3-2-4-10-7-14-12(15(9)10)11-8-16-6-5-13-11/h2-4,7,11,13H,5-6,8H2,1H3. The van der Waals surface area contributed by atoms with Crippen molar-refractivity contribution in [3.05, 3.63) is 35.9 Å². The van der Waals surface area contributed by atoms with Crippen LogP contribution in [0.25, 0.3) is 5.52 Å². The smallest absolute Gasteiger partial charge is 0.133 e. The summed E-state index contributed by atoms with van der Waals surface area (Å²) in [5, 5.41) is 3.43. The molecule has 4 heteroatoms. The van der Waals surface area contributed by atoms with E-state index in [4.69, 9.17) is 4.74 Å². The van der Waals surface area contributed by atoms with Crippen molar-refractivity contribution < 1.29 is 4.74 Å². The molecule has 0 aromatic carbocycles. The number of aryl methyl sites for hydroxylation is 1. The first kappa shape index (κ1) is 9.81. The van der Waals surface area contributed by atoms with E-state index in [1.165, 1.54) is 5.69 Å². The Hall–Kier alpha value is -1.39. The van der Waals surface area contributed by atoms with Gasteiger partial charge >= 0.3 is 0 Å². The maximum atomic E-state index is 5.48. The van der Waals surface area contributed by atoms with Crippen LogP contribution in [0.3, 0.4) is 0 Å². The number of pyridine rings is 1. The zero-order valence-corrected chi connectivity index (χ0v) is 9.31. The Bertz CT molecular complexity index is 500. The van der Waals surface area contributed by atoms with Crippen molar-refractivity contribution in [3.63, 3.8) is 0 Å². The highest BCUT2D eigenvalue weighted by atomic mass is 16.5. The number of aromatic nitrogens is 2. The Kier molecular flexibility index (Phi) is 2.38. The molecule has 0 amide bonds. The third-order valence-corrected chi connectivity index (χ3v) is 3.01. The molecule has 1 unspecified atom stereocenters. The Morgan fingerprint density at radius 2 is 2.44 bits per heavy atom. The first-order chi connectivity index (χ1) is 7.86. The van der Waals surface area contributed by atoms with Crippen LogP contribution in [0.4, 0.5) is 0 Å². The van der Waals surface area contributed by atoms with Gasteiger partial charge in [-0.2, -0.15) is 0 Å². The van der Waals surface area contributed by atoms with Crippen LogP contribution in [0, 0.1) is 6.92 Å².